The van der Waals surface area contributed by atoms with Gasteiger partial charge in [-0.3, -0.25) is 0 Å². The average molecular weight is 316 g/mol. The summed E-state index contributed by atoms with van der Waals surface area (Å²) in [5.41, 5.74) is 2.23. The maximum atomic E-state index is 12.2. The number of thioether (sulfide) groups is 1. The van der Waals surface area contributed by atoms with Crippen LogP contribution in [0.3, 0.4) is 0 Å². The largest absolute Gasteiger partial charge is 0.466 e. The molecule has 1 atom stereocenters. The lowest BCUT2D eigenvalue weighted by Crippen LogP contribution is -2.29. The van der Waals surface area contributed by atoms with E-state index in [2.05, 4.69) is 15.4 Å². The van der Waals surface area contributed by atoms with Crippen LogP contribution in [0, 0.1) is 0 Å². The number of carbonyl (C=O) groups excluding carboxylic acids is 1. The summed E-state index contributed by atoms with van der Waals surface area (Å²) in [4.78, 5) is 17.6. The predicted octanol–water partition coefficient (Wildman–Crippen LogP) is 2.46. The zero-order valence-electron chi connectivity index (χ0n) is 12.5. The fourth-order valence-electron chi connectivity index (χ4n) is 2.56. The molecule has 3 rings (SSSR count). The Hall–Kier alpha value is -2.28. The Morgan fingerprint density at radius 1 is 1.36 bits per heavy atom. The molecule has 1 N–H and O–H groups in total. The van der Waals surface area contributed by atoms with Gasteiger partial charge in [0.1, 0.15) is 12.4 Å². The molecule has 0 saturated carbocycles. The first-order valence-electron chi connectivity index (χ1n) is 6.75. The topological polar surface area (TPSA) is 69.0 Å². The molecule has 0 aliphatic carbocycles. The highest BCUT2D eigenvalue weighted by Gasteiger charge is 2.33. The number of nitrogens with zero attached hydrogens (tertiary/aromatic N) is 3. The van der Waals surface area contributed by atoms with Gasteiger partial charge < -0.3 is 10.1 Å². The van der Waals surface area contributed by atoms with Crippen molar-refractivity contribution in [1.82, 2.24) is 14.8 Å². The van der Waals surface area contributed by atoms with Crippen LogP contribution < -0.4 is 5.32 Å². The summed E-state index contributed by atoms with van der Waals surface area (Å²) in [6, 6.07) is 7.72. The normalized spacial score (nSPS) is 17.0. The highest BCUT2D eigenvalue weighted by Crippen LogP contribution is 2.35. The van der Waals surface area contributed by atoms with Crippen LogP contribution in [-0.4, -0.2) is 34.1 Å². The molecular formula is C15H16N4O2S. The van der Waals surface area contributed by atoms with Crippen LogP contribution in [0.25, 0.3) is 0 Å². The molecule has 2 heterocycles. The maximum Gasteiger partial charge on any atom is 0.338 e. The number of rotatable bonds is 3. The van der Waals surface area contributed by atoms with Crippen LogP contribution in [-0.2, 0) is 9.53 Å². The molecule has 0 saturated heterocycles. The molecular weight excluding hydrogens is 300 g/mol. The Morgan fingerprint density at radius 3 is 2.73 bits per heavy atom. The maximum absolute atomic E-state index is 12.2. The van der Waals surface area contributed by atoms with E-state index in [1.807, 2.05) is 37.4 Å². The van der Waals surface area contributed by atoms with Gasteiger partial charge in [-0.05, 0) is 30.9 Å². The van der Waals surface area contributed by atoms with E-state index in [1.165, 1.54) is 13.4 Å². The molecule has 0 fully saturated rings. The van der Waals surface area contributed by atoms with Crippen molar-refractivity contribution in [3.63, 3.8) is 0 Å². The zero-order valence-corrected chi connectivity index (χ0v) is 13.3. The second-order valence-corrected chi connectivity index (χ2v) is 5.74. The fourth-order valence-corrected chi connectivity index (χ4v) is 2.97. The molecule has 0 spiro atoms. The monoisotopic (exact) mass is 316 g/mol. The van der Waals surface area contributed by atoms with Crippen molar-refractivity contribution in [2.45, 2.75) is 17.9 Å². The summed E-state index contributed by atoms with van der Waals surface area (Å²) in [7, 11) is 1.38. The van der Waals surface area contributed by atoms with E-state index in [0.717, 1.165) is 16.2 Å². The van der Waals surface area contributed by atoms with Gasteiger partial charge in [0, 0.05) is 10.6 Å². The Bertz CT molecular complexity index is 736. The summed E-state index contributed by atoms with van der Waals surface area (Å²) >= 11 is 1.67. The first-order chi connectivity index (χ1) is 10.7. The molecule has 22 heavy (non-hydrogen) atoms. The molecule has 1 unspecified atom stereocenters. The van der Waals surface area contributed by atoms with Gasteiger partial charge in [0.2, 0.25) is 5.95 Å². The lowest BCUT2D eigenvalue weighted by Gasteiger charge is -2.27. The van der Waals surface area contributed by atoms with Crippen LogP contribution in [0.15, 0.2) is 46.8 Å². The second-order valence-electron chi connectivity index (χ2n) is 4.86. The van der Waals surface area contributed by atoms with Gasteiger partial charge in [-0.2, -0.15) is 10.1 Å². The highest BCUT2D eigenvalue weighted by atomic mass is 32.2. The molecule has 1 aliphatic heterocycles. The van der Waals surface area contributed by atoms with Gasteiger partial charge in [0.05, 0.1) is 12.7 Å². The van der Waals surface area contributed by atoms with E-state index in [0.29, 0.717) is 11.5 Å². The Balaban J connectivity index is 2.13. The minimum absolute atomic E-state index is 0.345. The van der Waals surface area contributed by atoms with Gasteiger partial charge in [-0.25, -0.2) is 9.48 Å². The number of benzene rings is 1. The van der Waals surface area contributed by atoms with Gasteiger partial charge >= 0.3 is 5.97 Å². The number of aromatic nitrogens is 3. The zero-order chi connectivity index (χ0) is 15.7. The molecule has 0 amide bonds. The van der Waals surface area contributed by atoms with Gasteiger partial charge in [0.15, 0.2) is 0 Å². The van der Waals surface area contributed by atoms with E-state index in [1.54, 1.807) is 16.4 Å². The number of nitrogens with one attached hydrogen (secondary N) is 1. The highest BCUT2D eigenvalue weighted by molar-refractivity contribution is 7.98. The summed E-state index contributed by atoms with van der Waals surface area (Å²) in [5.74, 6) is 0.245. The lowest BCUT2D eigenvalue weighted by molar-refractivity contribution is -0.136. The molecule has 114 valence electrons. The van der Waals surface area contributed by atoms with Crippen molar-refractivity contribution >= 4 is 23.7 Å². The molecule has 1 aromatic carbocycles. The molecule has 2 aromatic rings. The van der Waals surface area contributed by atoms with Crippen LogP contribution in [0.4, 0.5) is 5.95 Å². The van der Waals surface area contributed by atoms with E-state index < -0.39 is 0 Å². The molecule has 1 aromatic heterocycles. The van der Waals surface area contributed by atoms with Crippen LogP contribution in [0.5, 0.6) is 0 Å². The van der Waals surface area contributed by atoms with Gasteiger partial charge in [0.25, 0.3) is 0 Å². The van der Waals surface area contributed by atoms with Crippen LogP contribution >= 0.6 is 11.8 Å². The minimum Gasteiger partial charge on any atom is -0.466 e. The number of esters is 1. The smallest absolute Gasteiger partial charge is 0.338 e. The third-order valence-electron chi connectivity index (χ3n) is 3.63. The van der Waals surface area contributed by atoms with Crippen LogP contribution in [0.1, 0.15) is 18.5 Å². The van der Waals surface area contributed by atoms with Crippen LogP contribution in [0.2, 0.25) is 0 Å². The third kappa shape index (κ3) is 2.37. The predicted molar refractivity (Wildman–Crippen MR) is 84.7 cm³/mol. The summed E-state index contributed by atoms with van der Waals surface area (Å²) in [6.45, 7) is 1.84. The van der Waals surface area contributed by atoms with Crippen molar-refractivity contribution < 1.29 is 9.53 Å². The van der Waals surface area contributed by atoms with Crippen molar-refractivity contribution in [3.05, 3.63) is 47.4 Å². The van der Waals surface area contributed by atoms with E-state index in [4.69, 9.17) is 4.74 Å². The van der Waals surface area contributed by atoms with E-state index in [9.17, 15) is 4.79 Å². The minimum atomic E-state index is -0.370. The number of fused-ring (bicyclic) bond motifs is 1. The number of allylic oxidation sites excluding steroid dienone is 1. The van der Waals surface area contributed by atoms with Gasteiger partial charge in [-0.1, -0.05) is 12.1 Å². The van der Waals surface area contributed by atoms with Crippen molar-refractivity contribution in [2.75, 3.05) is 18.7 Å². The molecule has 0 bridgehead atoms. The van der Waals surface area contributed by atoms with E-state index >= 15 is 0 Å². The number of carbonyl (C=O) groups is 1. The molecule has 7 heteroatoms. The summed E-state index contributed by atoms with van der Waals surface area (Å²) in [5, 5.41) is 7.35. The van der Waals surface area contributed by atoms with Crippen molar-refractivity contribution in [1.29, 1.82) is 0 Å². The van der Waals surface area contributed by atoms with Gasteiger partial charge in [-0.15, -0.1) is 11.8 Å². The van der Waals surface area contributed by atoms with Crippen molar-refractivity contribution in [2.24, 2.45) is 0 Å². The lowest BCUT2D eigenvalue weighted by atomic mass is 9.96. The summed E-state index contributed by atoms with van der Waals surface area (Å²) in [6.07, 6.45) is 3.50. The second kappa shape index (κ2) is 5.84. The fraction of sp³-hybridized carbons (Fsp3) is 0.267. The number of methoxy groups -OCH3 is 1. The first-order valence-corrected chi connectivity index (χ1v) is 7.97. The Morgan fingerprint density at radius 2 is 2.09 bits per heavy atom. The Labute approximate surface area is 132 Å². The quantitative estimate of drug-likeness (QED) is 0.693. The molecule has 6 nitrogen and oxygen atoms in total. The molecule has 0 radical (unpaired) electrons. The number of ether oxygens (including phenoxy) is 1. The Kier molecular flexibility index (Phi) is 3.89. The standard InChI is InChI=1S/C15H16N4O2S/c1-9-12(14(20)21-2)13(19-15(18-9)16-8-17-19)10-4-6-11(22-3)7-5-10/h4-8,13H,1-3H3,(H,16,17,18). The summed E-state index contributed by atoms with van der Waals surface area (Å²) < 4.78 is 6.65. The SMILES string of the molecule is COC(=O)C1=C(C)Nc2ncnn2C1c1ccc(SC)cc1. The van der Waals surface area contributed by atoms with Crippen molar-refractivity contribution in [3.8, 4) is 0 Å². The number of hydrogen-bond acceptors (Lipinski definition) is 6. The number of hydrogen-bond donors (Lipinski definition) is 1. The molecule has 1 aliphatic rings. The van der Waals surface area contributed by atoms with E-state index in [-0.39, 0.29) is 12.0 Å². The third-order valence-corrected chi connectivity index (χ3v) is 4.37. The number of anilines is 1. The first kappa shape index (κ1) is 14.6. The average Bonchev–Trinajstić information content (AvgIpc) is 3.00.